The highest BCUT2D eigenvalue weighted by Gasteiger charge is 2.04. The van der Waals surface area contributed by atoms with Crippen LogP contribution < -0.4 is 11.3 Å². The lowest BCUT2D eigenvalue weighted by Gasteiger charge is -1.89. The molecule has 0 aliphatic rings. The number of nitrogens with zero attached hydrogens (tertiary/aromatic N) is 2. The fourth-order valence-corrected chi connectivity index (χ4v) is 0.817. The summed E-state index contributed by atoms with van der Waals surface area (Å²) in [7, 11) is 0. The zero-order valence-corrected chi connectivity index (χ0v) is 6.27. The van der Waals surface area contributed by atoms with Crippen LogP contribution in [0.3, 0.4) is 0 Å². The van der Waals surface area contributed by atoms with E-state index >= 15 is 0 Å². The minimum Gasteiger partial charge on any atom is -0.296 e. The van der Waals surface area contributed by atoms with Crippen LogP contribution in [0.1, 0.15) is 0 Å². The van der Waals surface area contributed by atoms with E-state index in [0.717, 1.165) is 0 Å². The first kappa shape index (κ1) is 7.47. The van der Waals surface area contributed by atoms with Crippen molar-refractivity contribution >= 4 is 0 Å². The molecule has 0 bridgehead atoms. The molecule has 13 heavy (non-hydrogen) atoms. The normalized spacial score (nSPS) is 10.2. The summed E-state index contributed by atoms with van der Waals surface area (Å²) in [4.78, 5) is 23.5. The summed E-state index contributed by atoms with van der Waals surface area (Å²) in [5.41, 5.74) is 0.0139. The van der Waals surface area contributed by atoms with E-state index in [4.69, 9.17) is 0 Å². The van der Waals surface area contributed by atoms with Gasteiger partial charge in [0.2, 0.25) is 5.82 Å². The van der Waals surface area contributed by atoms with Gasteiger partial charge in [0.25, 0.3) is 5.56 Å². The standard InChI is InChI=1S/C6H4N4O3/c11-4-2-1-3(8-9-4)5-7-6(12)13-10-5/h1-2H,(H,9,11)(H,7,10,12). The molecule has 2 heterocycles. The molecule has 2 aromatic heterocycles. The summed E-state index contributed by atoms with van der Waals surface area (Å²) < 4.78 is 4.26. The smallest absolute Gasteiger partial charge is 0.296 e. The fraction of sp³-hybridized carbons (Fsp3) is 0. The van der Waals surface area contributed by atoms with Gasteiger partial charge in [-0.05, 0) is 6.07 Å². The molecule has 2 N–H and O–H groups in total. The van der Waals surface area contributed by atoms with Gasteiger partial charge in [0, 0.05) is 6.07 Å². The van der Waals surface area contributed by atoms with E-state index in [-0.39, 0.29) is 11.4 Å². The third-order valence-electron chi connectivity index (χ3n) is 1.36. The monoisotopic (exact) mass is 180 g/mol. The first-order valence-electron chi connectivity index (χ1n) is 3.38. The van der Waals surface area contributed by atoms with Crippen LogP contribution in [0.15, 0.2) is 26.2 Å². The van der Waals surface area contributed by atoms with E-state index in [0.29, 0.717) is 5.69 Å². The van der Waals surface area contributed by atoms with Crippen molar-refractivity contribution in [1.29, 1.82) is 0 Å². The van der Waals surface area contributed by atoms with Crippen molar-refractivity contribution in [3.8, 4) is 11.5 Å². The van der Waals surface area contributed by atoms with Crippen LogP contribution in [0.25, 0.3) is 11.5 Å². The Balaban J connectivity index is 2.53. The lowest BCUT2D eigenvalue weighted by atomic mass is 10.4. The highest BCUT2D eigenvalue weighted by atomic mass is 16.5. The molecule has 0 radical (unpaired) electrons. The van der Waals surface area contributed by atoms with Crippen molar-refractivity contribution in [2.45, 2.75) is 0 Å². The highest BCUT2D eigenvalue weighted by molar-refractivity contribution is 5.45. The minimum atomic E-state index is -0.664. The molecule has 7 heteroatoms. The first-order chi connectivity index (χ1) is 6.25. The number of hydrogen-bond acceptors (Lipinski definition) is 5. The van der Waals surface area contributed by atoms with Crippen molar-refractivity contribution in [3.63, 3.8) is 0 Å². The van der Waals surface area contributed by atoms with Gasteiger partial charge in [-0.3, -0.25) is 14.3 Å². The minimum absolute atomic E-state index is 0.182. The van der Waals surface area contributed by atoms with Crippen LogP contribution >= 0.6 is 0 Å². The van der Waals surface area contributed by atoms with E-state index < -0.39 is 5.76 Å². The van der Waals surface area contributed by atoms with Gasteiger partial charge in [-0.2, -0.15) is 5.10 Å². The Kier molecular flexibility index (Phi) is 1.55. The topological polar surface area (TPSA) is 105 Å². The molecule has 0 unspecified atom stereocenters. The van der Waals surface area contributed by atoms with Gasteiger partial charge in [-0.15, -0.1) is 0 Å². The molecule has 0 atom stereocenters. The predicted octanol–water partition coefficient (Wildman–Crippen LogP) is -0.887. The second-order valence-corrected chi connectivity index (χ2v) is 2.25. The Morgan fingerprint density at radius 1 is 1.31 bits per heavy atom. The Morgan fingerprint density at radius 2 is 2.15 bits per heavy atom. The number of aromatic nitrogens is 4. The second-order valence-electron chi connectivity index (χ2n) is 2.25. The molecule has 0 saturated heterocycles. The number of rotatable bonds is 1. The summed E-state index contributed by atoms with van der Waals surface area (Å²) in [6.07, 6.45) is 0. The van der Waals surface area contributed by atoms with Crippen molar-refractivity contribution < 1.29 is 4.52 Å². The summed E-state index contributed by atoms with van der Waals surface area (Å²) >= 11 is 0. The maximum absolute atomic E-state index is 10.6. The van der Waals surface area contributed by atoms with Crippen LogP contribution in [0, 0.1) is 0 Å². The molecule has 0 saturated carbocycles. The van der Waals surface area contributed by atoms with Crippen LogP contribution in [-0.4, -0.2) is 20.3 Å². The number of aromatic amines is 2. The molecule has 2 rings (SSSR count). The van der Waals surface area contributed by atoms with Crippen LogP contribution in [0.2, 0.25) is 0 Å². The molecule has 0 amide bonds. The van der Waals surface area contributed by atoms with Crippen LogP contribution in [0.5, 0.6) is 0 Å². The van der Waals surface area contributed by atoms with Gasteiger partial charge >= 0.3 is 5.76 Å². The molecular weight excluding hydrogens is 176 g/mol. The fourth-order valence-electron chi connectivity index (χ4n) is 0.817. The molecule has 0 fully saturated rings. The Morgan fingerprint density at radius 3 is 2.69 bits per heavy atom. The number of hydrogen-bond donors (Lipinski definition) is 2. The molecule has 66 valence electrons. The molecular formula is C6H4N4O3. The largest absolute Gasteiger partial charge is 0.439 e. The number of H-pyrrole nitrogens is 2. The summed E-state index contributed by atoms with van der Waals surface area (Å²) in [5.74, 6) is -0.482. The van der Waals surface area contributed by atoms with E-state index in [1.165, 1.54) is 12.1 Å². The molecule has 0 aromatic carbocycles. The van der Waals surface area contributed by atoms with E-state index in [9.17, 15) is 9.59 Å². The van der Waals surface area contributed by atoms with E-state index in [1.54, 1.807) is 0 Å². The van der Waals surface area contributed by atoms with E-state index in [2.05, 4.69) is 24.9 Å². The van der Waals surface area contributed by atoms with Gasteiger partial charge < -0.3 is 0 Å². The van der Waals surface area contributed by atoms with Crippen molar-refractivity contribution in [1.82, 2.24) is 20.3 Å². The second kappa shape index (κ2) is 2.70. The summed E-state index contributed by atoms with van der Waals surface area (Å²) in [6.45, 7) is 0. The zero-order valence-electron chi connectivity index (χ0n) is 6.27. The van der Waals surface area contributed by atoms with Crippen LogP contribution in [0.4, 0.5) is 0 Å². The Hall–Kier alpha value is -2.18. The van der Waals surface area contributed by atoms with Gasteiger partial charge in [-0.1, -0.05) is 5.16 Å². The maximum atomic E-state index is 10.6. The van der Waals surface area contributed by atoms with Crippen molar-refractivity contribution in [2.75, 3.05) is 0 Å². The van der Waals surface area contributed by atoms with Gasteiger partial charge in [0.1, 0.15) is 5.69 Å². The lowest BCUT2D eigenvalue weighted by molar-refractivity contribution is 0.387. The quantitative estimate of drug-likeness (QED) is 0.592. The van der Waals surface area contributed by atoms with Crippen molar-refractivity contribution in [2.24, 2.45) is 0 Å². The van der Waals surface area contributed by atoms with Crippen molar-refractivity contribution in [3.05, 3.63) is 33.0 Å². The first-order valence-corrected chi connectivity index (χ1v) is 3.38. The third kappa shape index (κ3) is 1.39. The third-order valence-corrected chi connectivity index (χ3v) is 1.36. The summed E-state index contributed by atoms with van der Waals surface area (Å²) in [6, 6.07) is 2.70. The zero-order chi connectivity index (χ0) is 9.26. The predicted molar refractivity (Wildman–Crippen MR) is 41.0 cm³/mol. The number of nitrogens with one attached hydrogen (secondary N) is 2. The molecule has 0 spiro atoms. The van der Waals surface area contributed by atoms with Gasteiger partial charge in [-0.25, -0.2) is 9.89 Å². The average molecular weight is 180 g/mol. The van der Waals surface area contributed by atoms with Gasteiger partial charge in [0.15, 0.2) is 0 Å². The molecule has 0 aliphatic heterocycles. The summed E-state index contributed by atoms with van der Waals surface area (Å²) in [5, 5.41) is 9.22. The lowest BCUT2D eigenvalue weighted by Crippen LogP contribution is -2.06. The molecule has 0 aliphatic carbocycles. The van der Waals surface area contributed by atoms with E-state index in [1.807, 2.05) is 0 Å². The Labute approximate surface area is 70.4 Å². The molecule has 7 nitrogen and oxygen atoms in total. The van der Waals surface area contributed by atoms with Gasteiger partial charge in [0.05, 0.1) is 0 Å². The Bertz CT molecular complexity index is 502. The molecule has 2 aromatic rings. The average Bonchev–Trinajstić information content (AvgIpc) is 2.53. The maximum Gasteiger partial charge on any atom is 0.439 e. The van der Waals surface area contributed by atoms with Crippen LogP contribution in [-0.2, 0) is 0 Å². The SMILES string of the molecule is O=c1ccc(-c2noc(=O)[nH]2)n[nH]1. The highest BCUT2D eigenvalue weighted by Crippen LogP contribution is 2.04.